The molecule has 0 amide bonds. The van der Waals surface area contributed by atoms with Crippen LogP contribution < -0.4 is 4.74 Å². The molecule has 0 heterocycles. The molecule has 1 nitrogen and oxygen atoms in total. The Balaban J connectivity index is 0.000000330. The molecule has 2 heteroatoms. The Morgan fingerprint density at radius 3 is 1.58 bits per heavy atom. The van der Waals surface area contributed by atoms with E-state index in [1.807, 2.05) is 70.2 Å². The van der Waals surface area contributed by atoms with Crippen LogP contribution in [0.4, 0.5) is 4.39 Å². The molecule has 43 heavy (non-hydrogen) atoms. The molecule has 4 aromatic carbocycles. The highest BCUT2D eigenvalue weighted by Gasteiger charge is 2.18. The van der Waals surface area contributed by atoms with Crippen molar-refractivity contribution in [1.29, 1.82) is 0 Å². The minimum absolute atomic E-state index is 0. The smallest absolute Gasteiger partial charge is 0.127 e. The summed E-state index contributed by atoms with van der Waals surface area (Å²) in [5, 5.41) is 0. The Kier molecular flexibility index (Phi) is 13.5. The van der Waals surface area contributed by atoms with Crippen LogP contribution in [0, 0.1) is 32.0 Å². The van der Waals surface area contributed by atoms with Crippen molar-refractivity contribution in [2.75, 3.05) is 0 Å². The van der Waals surface area contributed by atoms with Crippen LogP contribution in [0.3, 0.4) is 0 Å². The fourth-order valence-electron chi connectivity index (χ4n) is 4.06. The van der Waals surface area contributed by atoms with E-state index in [1.54, 1.807) is 6.07 Å². The van der Waals surface area contributed by atoms with Crippen LogP contribution in [0.25, 0.3) is 0 Å². The third kappa shape index (κ3) is 12.5. The van der Waals surface area contributed by atoms with E-state index in [1.165, 1.54) is 22.8 Å². The molecule has 0 aliphatic rings. The first-order chi connectivity index (χ1) is 19.4. The molecule has 0 fully saturated rings. The van der Waals surface area contributed by atoms with Gasteiger partial charge in [-0.25, -0.2) is 4.39 Å². The first-order valence-corrected chi connectivity index (χ1v) is 14.6. The van der Waals surface area contributed by atoms with Crippen LogP contribution in [0.1, 0.15) is 103 Å². The lowest BCUT2D eigenvalue weighted by Gasteiger charge is -2.20. The van der Waals surface area contributed by atoms with Crippen molar-refractivity contribution in [2.45, 2.75) is 99.8 Å². The third-order valence-corrected chi connectivity index (χ3v) is 6.78. The van der Waals surface area contributed by atoms with Gasteiger partial charge in [0.15, 0.2) is 0 Å². The standard InChI is InChI=1S/C17H20O.C12H14.C11H15F.CH4/c1-13-8-10-15(11-9-13)18-16-7-5-6-14(12-16)17(2,3)4;1-5-10-7-6-8-11(9-10)12(2,3)4;1-8-5-6-10(12)9(7-8)11(2,3)4;/h5-12H,1-4H3;1,6-9H,2-4H3;5-7H,1-4H3;1H4. The molecule has 0 bridgehead atoms. The second kappa shape index (κ2) is 15.6. The monoisotopic (exact) mass is 580 g/mol. The van der Waals surface area contributed by atoms with E-state index in [0.717, 1.165) is 28.2 Å². The number of ether oxygens (including phenoxy) is 1. The van der Waals surface area contributed by atoms with Crippen molar-refractivity contribution >= 4 is 0 Å². The Labute approximate surface area is 262 Å². The van der Waals surface area contributed by atoms with Crippen molar-refractivity contribution < 1.29 is 9.13 Å². The van der Waals surface area contributed by atoms with Crippen molar-refractivity contribution in [1.82, 2.24) is 0 Å². The molecular formula is C41H53FO. The molecular weight excluding hydrogens is 527 g/mol. The highest BCUT2D eigenvalue weighted by molar-refractivity contribution is 5.38. The molecule has 0 atom stereocenters. The maximum Gasteiger partial charge on any atom is 0.127 e. The van der Waals surface area contributed by atoms with Crippen molar-refractivity contribution in [2.24, 2.45) is 0 Å². The Morgan fingerprint density at radius 1 is 0.581 bits per heavy atom. The van der Waals surface area contributed by atoms with Crippen LogP contribution in [0.2, 0.25) is 0 Å². The van der Waals surface area contributed by atoms with Gasteiger partial charge in [-0.1, -0.05) is 135 Å². The summed E-state index contributed by atoms with van der Waals surface area (Å²) in [6.45, 7) is 23.3. The zero-order valence-corrected chi connectivity index (χ0v) is 27.5. The predicted octanol–water partition coefficient (Wildman–Crippen LogP) is 12.1. The van der Waals surface area contributed by atoms with Crippen LogP contribution in [-0.4, -0.2) is 0 Å². The molecule has 0 N–H and O–H groups in total. The lowest BCUT2D eigenvalue weighted by atomic mass is 9.86. The lowest BCUT2D eigenvalue weighted by molar-refractivity contribution is 0.478. The lowest BCUT2D eigenvalue weighted by Crippen LogP contribution is -2.13. The normalized spacial score (nSPS) is 11.0. The first kappa shape index (κ1) is 37.2. The van der Waals surface area contributed by atoms with E-state index in [0.29, 0.717) is 0 Å². The van der Waals surface area contributed by atoms with E-state index in [4.69, 9.17) is 11.2 Å². The van der Waals surface area contributed by atoms with Crippen LogP contribution in [0.5, 0.6) is 11.5 Å². The Bertz CT molecular complexity index is 1470. The molecule has 0 unspecified atom stereocenters. The number of hydrogen-bond acceptors (Lipinski definition) is 1. The molecule has 0 saturated carbocycles. The zero-order valence-electron chi connectivity index (χ0n) is 27.5. The largest absolute Gasteiger partial charge is 0.457 e. The van der Waals surface area contributed by atoms with E-state index >= 15 is 0 Å². The summed E-state index contributed by atoms with van der Waals surface area (Å²) in [5.74, 6) is 4.31. The van der Waals surface area contributed by atoms with Crippen LogP contribution in [0.15, 0.2) is 91.0 Å². The second-order valence-electron chi connectivity index (χ2n) is 13.9. The number of hydrogen-bond donors (Lipinski definition) is 0. The van der Waals surface area contributed by atoms with Crippen molar-refractivity contribution in [3.8, 4) is 23.8 Å². The fraction of sp³-hybridized carbons (Fsp3) is 0.366. The molecule has 0 aromatic heterocycles. The number of rotatable bonds is 2. The zero-order chi connectivity index (χ0) is 31.7. The van der Waals surface area contributed by atoms with Gasteiger partial charge in [0.25, 0.3) is 0 Å². The maximum atomic E-state index is 13.3. The summed E-state index contributed by atoms with van der Waals surface area (Å²) < 4.78 is 19.1. The summed E-state index contributed by atoms with van der Waals surface area (Å²) in [5.41, 5.74) is 6.91. The Hall–Kier alpha value is -3.83. The van der Waals surface area contributed by atoms with Gasteiger partial charge in [0, 0.05) is 5.56 Å². The van der Waals surface area contributed by atoms with E-state index in [-0.39, 0.29) is 29.5 Å². The molecule has 0 aliphatic carbocycles. The number of benzene rings is 4. The minimum atomic E-state index is -0.104. The number of aryl methyl sites for hydroxylation is 2. The summed E-state index contributed by atoms with van der Waals surface area (Å²) in [6, 6.07) is 29.8. The van der Waals surface area contributed by atoms with Gasteiger partial charge in [-0.3, -0.25) is 0 Å². The Morgan fingerprint density at radius 2 is 1.09 bits per heavy atom. The fourth-order valence-corrected chi connectivity index (χ4v) is 4.06. The third-order valence-electron chi connectivity index (χ3n) is 6.78. The van der Waals surface area contributed by atoms with Gasteiger partial charge >= 0.3 is 0 Å². The van der Waals surface area contributed by atoms with E-state index in [2.05, 4.69) is 90.8 Å². The van der Waals surface area contributed by atoms with Gasteiger partial charge in [-0.15, -0.1) is 6.42 Å². The SMILES string of the molecule is C.C#Cc1cccc(C(C)(C)C)c1.Cc1ccc(F)c(C(C)(C)C)c1.Cc1ccc(Oc2cccc(C(C)(C)C)c2)cc1. The first-order valence-electron chi connectivity index (χ1n) is 14.6. The van der Waals surface area contributed by atoms with Crippen molar-refractivity contribution in [3.05, 3.63) is 130 Å². The van der Waals surface area contributed by atoms with Crippen LogP contribution >= 0.6 is 0 Å². The van der Waals surface area contributed by atoms with Gasteiger partial charge in [0.1, 0.15) is 17.3 Å². The van der Waals surface area contributed by atoms with Crippen molar-refractivity contribution in [3.63, 3.8) is 0 Å². The van der Waals surface area contributed by atoms with Gasteiger partial charge < -0.3 is 4.74 Å². The summed E-state index contributed by atoms with van der Waals surface area (Å²) in [7, 11) is 0. The number of terminal acetylenes is 1. The van der Waals surface area contributed by atoms with Gasteiger partial charge in [-0.2, -0.15) is 0 Å². The van der Waals surface area contributed by atoms with Gasteiger partial charge in [0.05, 0.1) is 0 Å². The van der Waals surface area contributed by atoms with Gasteiger partial charge in [-0.05, 0) is 89.2 Å². The number of halogens is 1. The molecule has 0 spiro atoms. The molecule has 0 radical (unpaired) electrons. The van der Waals surface area contributed by atoms with E-state index < -0.39 is 0 Å². The molecule has 0 aliphatic heterocycles. The average molecular weight is 581 g/mol. The minimum Gasteiger partial charge on any atom is -0.457 e. The highest BCUT2D eigenvalue weighted by Crippen LogP contribution is 2.29. The molecule has 230 valence electrons. The van der Waals surface area contributed by atoms with Gasteiger partial charge in [0.2, 0.25) is 0 Å². The average Bonchev–Trinajstić information content (AvgIpc) is 2.91. The molecule has 0 saturated heterocycles. The summed E-state index contributed by atoms with van der Waals surface area (Å²) in [4.78, 5) is 0. The highest BCUT2D eigenvalue weighted by atomic mass is 19.1. The summed E-state index contributed by atoms with van der Waals surface area (Å²) >= 11 is 0. The molecule has 4 aromatic rings. The van der Waals surface area contributed by atoms with E-state index in [9.17, 15) is 4.39 Å². The van der Waals surface area contributed by atoms with Crippen LogP contribution in [-0.2, 0) is 16.2 Å². The summed E-state index contributed by atoms with van der Waals surface area (Å²) in [6.07, 6.45) is 5.31. The predicted molar refractivity (Wildman–Crippen MR) is 186 cm³/mol. The quantitative estimate of drug-likeness (QED) is 0.214. The molecule has 4 rings (SSSR count). The maximum absolute atomic E-state index is 13.3. The second-order valence-corrected chi connectivity index (χ2v) is 13.9. The topological polar surface area (TPSA) is 9.23 Å².